The molecule has 1 aromatic heterocycles. The van der Waals surface area contributed by atoms with Gasteiger partial charge < -0.3 is 10.6 Å². The number of amides is 1. The molecule has 1 aliphatic carbocycles. The molecular formula is C18H22Cl2N4O. The summed E-state index contributed by atoms with van der Waals surface area (Å²) in [5, 5.41) is 5.03. The summed E-state index contributed by atoms with van der Waals surface area (Å²) in [7, 11) is 0. The van der Waals surface area contributed by atoms with Crippen LogP contribution in [0.1, 0.15) is 28.8 Å². The highest BCUT2D eigenvalue weighted by Gasteiger charge is 2.42. The second kappa shape index (κ2) is 7.36. The first-order valence-electron chi connectivity index (χ1n) is 8.42. The molecule has 2 heterocycles. The zero-order valence-electron chi connectivity index (χ0n) is 13.8. The molecule has 1 amide bonds. The van der Waals surface area contributed by atoms with Crippen LogP contribution in [0.2, 0.25) is 5.02 Å². The standard InChI is InChI=1S/C18H21ClN4O.ClH/c19-16-4-2-1-3-13(16)9-23-10-14(7-21-23)18(24)22-8-12-5-6-17(20)15(12)11-22;/h1-4,7,10,12,15,17H,5-6,8-9,11,20H2;1H. The molecule has 1 aliphatic heterocycles. The van der Waals surface area contributed by atoms with Gasteiger partial charge in [-0.25, -0.2) is 0 Å². The third kappa shape index (κ3) is 3.54. The minimum absolute atomic E-state index is 0. The number of fused-ring (bicyclic) bond motifs is 1. The fraction of sp³-hybridized carbons (Fsp3) is 0.444. The van der Waals surface area contributed by atoms with Crippen LogP contribution < -0.4 is 5.73 Å². The Kier molecular flexibility index (Phi) is 5.37. The molecule has 3 atom stereocenters. The first-order chi connectivity index (χ1) is 11.6. The van der Waals surface area contributed by atoms with Crippen LogP contribution in [0, 0.1) is 11.8 Å². The predicted octanol–water partition coefficient (Wildman–Crippen LogP) is 2.82. The van der Waals surface area contributed by atoms with Crippen molar-refractivity contribution < 1.29 is 4.79 Å². The Morgan fingerprint density at radius 3 is 2.84 bits per heavy atom. The molecule has 2 aliphatic rings. The average molecular weight is 381 g/mol. The number of halogens is 2. The highest BCUT2D eigenvalue weighted by Crippen LogP contribution is 2.37. The molecule has 134 valence electrons. The van der Waals surface area contributed by atoms with Gasteiger partial charge in [-0.3, -0.25) is 9.48 Å². The van der Waals surface area contributed by atoms with Gasteiger partial charge in [-0.2, -0.15) is 5.10 Å². The van der Waals surface area contributed by atoms with Crippen LogP contribution in [0.4, 0.5) is 0 Å². The molecule has 0 bridgehead atoms. The Balaban J connectivity index is 0.00000182. The number of rotatable bonds is 3. The van der Waals surface area contributed by atoms with Crippen molar-refractivity contribution in [2.75, 3.05) is 13.1 Å². The van der Waals surface area contributed by atoms with Crippen molar-refractivity contribution in [3.8, 4) is 0 Å². The molecule has 2 N–H and O–H groups in total. The zero-order valence-corrected chi connectivity index (χ0v) is 15.4. The van der Waals surface area contributed by atoms with E-state index in [1.54, 1.807) is 17.1 Å². The number of carbonyl (C=O) groups excluding carboxylic acids is 1. The molecule has 1 saturated heterocycles. The molecule has 25 heavy (non-hydrogen) atoms. The summed E-state index contributed by atoms with van der Waals surface area (Å²) >= 11 is 6.19. The number of hydrogen-bond donors (Lipinski definition) is 1. The average Bonchev–Trinajstić information content (AvgIpc) is 3.27. The number of likely N-dealkylation sites (tertiary alicyclic amines) is 1. The van der Waals surface area contributed by atoms with Gasteiger partial charge in [0.15, 0.2) is 0 Å². The van der Waals surface area contributed by atoms with Gasteiger partial charge in [-0.1, -0.05) is 29.8 Å². The smallest absolute Gasteiger partial charge is 0.257 e. The fourth-order valence-corrected chi connectivity index (χ4v) is 4.21. The second-order valence-electron chi connectivity index (χ2n) is 6.89. The molecule has 4 rings (SSSR count). The molecule has 2 fully saturated rings. The van der Waals surface area contributed by atoms with Crippen molar-refractivity contribution in [3.05, 3.63) is 52.8 Å². The van der Waals surface area contributed by atoms with E-state index in [2.05, 4.69) is 5.10 Å². The SMILES string of the molecule is Cl.NC1CCC2CN(C(=O)c3cnn(Cc4ccccc4Cl)c3)CC12. The molecule has 3 unspecified atom stereocenters. The number of carbonyl (C=O) groups is 1. The molecule has 7 heteroatoms. The largest absolute Gasteiger partial charge is 0.338 e. The van der Waals surface area contributed by atoms with Gasteiger partial charge in [0.2, 0.25) is 0 Å². The summed E-state index contributed by atoms with van der Waals surface area (Å²) < 4.78 is 1.76. The summed E-state index contributed by atoms with van der Waals surface area (Å²) in [6.07, 6.45) is 5.68. The molecule has 0 spiro atoms. The third-order valence-electron chi connectivity index (χ3n) is 5.37. The van der Waals surface area contributed by atoms with Gasteiger partial charge in [0.05, 0.1) is 18.3 Å². The van der Waals surface area contributed by atoms with Gasteiger partial charge in [-0.05, 0) is 36.3 Å². The third-order valence-corrected chi connectivity index (χ3v) is 5.74. The van der Waals surface area contributed by atoms with Crippen LogP contribution >= 0.6 is 24.0 Å². The van der Waals surface area contributed by atoms with Crippen LogP contribution in [-0.4, -0.2) is 39.7 Å². The number of hydrogen-bond acceptors (Lipinski definition) is 3. The maximum atomic E-state index is 12.7. The van der Waals surface area contributed by atoms with Crippen molar-refractivity contribution >= 4 is 29.9 Å². The van der Waals surface area contributed by atoms with Crippen LogP contribution in [0.15, 0.2) is 36.7 Å². The Bertz CT molecular complexity index is 763. The lowest BCUT2D eigenvalue weighted by Gasteiger charge is -2.17. The maximum absolute atomic E-state index is 12.7. The molecule has 0 radical (unpaired) electrons. The monoisotopic (exact) mass is 380 g/mol. The number of nitrogens with zero attached hydrogens (tertiary/aromatic N) is 3. The van der Waals surface area contributed by atoms with Crippen molar-refractivity contribution in [2.24, 2.45) is 17.6 Å². The lowest BCUT2D eigenvalue weighted by atomic mass is 9.98. The molecule has 5 nitrogen and oxygen atoms in total. The van der Waals surface area contributed by atoms with E-state index in [1.165, 1.54) is 0 Å². The first kappa shape index (κ1) is 18.2. The minimum Gasteiger partial charge on any atom is -0.338 e. The quantitative estimate of drug-likeness (QED) is 0.889. The van der Waals surface area contributed by atoms with Crippen LogP contribution in [0.5, 0.6) is 0 Å². The highest BCUT2D eigenvalue weighted by molar-refractivity contribution is 6.31. The van der Waals surface area contributed by atoms with Gasteiger partial charge in [0.25, 0.3) is 5.91 Å². The van der Waals surface area contributed by atoms with E-state index in [0.717, 1.165) is 31.5 Å². The second-order valence-corrected chi connectivity index (χ2v) is 7.30. The van der Waals surface area contributed by atoms with E-state index in [-0.39, 0.29) is 24.4 Å². The van der Waals surface area contributed by atoms with Crippen molar-refractivity contribution in [1.82, 2.24) is 14.7 Å². The molecule has 1 aromatic carbocycles. The van der Waals surface area contributed by atoms with Crippen LogP contribution in [-0.2, 0) is 6.54 Å². The predicted molar refractivity (Wildman–Crippen MR) is 100 cm³/mol. The number of benzene rings is 1. The lowest BCUT2D eigenvalue weighted by molar-refractivity contribution is 0.0779. The first-order valence-corrected chi connectivity index (χ1v) is 8.80. The minimum atomic E-state index is 0. The Morgan fingerprint density at radius 2 is 2.08 bits per heavy atom. The Labute approximate surface area is 158 Å². The number of nitrogens with two attached hydrogens (primary N) is 1. The van der Waals surface area contributed by atoms with E-state index in [1.807, 2.05) is 29.2 Å². The van der Waals surface area contributed by atoms with Crippen LogP contribution in [0.3, 0.4) is 0 Å². The van der Waals surface area contributed by atoms with Gasteiger partial charge in [0.1, 0.15) is 0 Å². The van der Waals surface area contributed by atoms with E-state index in [0.29, 0.717) is 29.0 Å². The Hall–Kier alpha value is -1.56. The summed E-state index contributed by atoms with van der Waals surface area (Å²) in [4.78, 5) is 14.7. The molecular weight excluding hydrogens is 359 g/mol. The number of aromatic nitrogens is 2. The maximum Gasteiger partial charge on any atom is 0.257 e. The van der Waals surface area contributed by atoms with E-state index in [9.17, 15) is 4.79 Å². The summed E-state index contributed by atoms with van der Waals surface area (Å²) in [5.74, 6) is 1.09. The van der Waals surface area contributed by atoms with Gasteiger partial charge >= 0.3 is 0 Å². The van der Waals surface area contributed by atoms with Crippen molar-refractivity contribution in [2.45, 2.75) is 25.4 Å². The van der Waals surface area contributed by atoms with Gasteiger partial charge in [-0.15, -0.1) is 12.4 Å². The molecule has 1 saturated carbocycles. The molecule has 2 aromatic rings. The van der Waals surface area contributed by atoms with Crippen molar-refractivity contribution in [1.29, 1.82) is 0 Å². The Morgan fingerprint density at radius 1 is 1.28 bits per heavy atom. The summed E-state index contributed by atoms with van der Waals surface area (Å²) in [6.45, 7) is 2.16. The highest BCUT2D eigenvalue weighted by atomic mass is 35.5. The van der Waals surface area contributed by atoms with E-state index < -0.39 is 0 Å². The zero-order chi connectivity index (χ0) is 16.7. The van der Waals surface area contributed by atoms with E-state index in [4.69, 9.17) is 17.3 Å². The normalized spacial score (nSPS) is 24.9. The topological polar surface area (TPSA) is 64.2 Å². The fourth-order valence-electron chi connectivity index (χ4n) is 4.02. The van der Waals surface area contributed by atoms with E-state index >= 15 is 0 Å². The lowest BCUT2D eigenvalue weighted by Crippen LogP contribution is -2.33. The van der Waals surface area contributed by atoms with Crippen LogP contribution in [0.25, 0.3) is 0 Å². The van der Waals surface area contributed by atoms with Gasteiger partial charge in [0, 0.05) is 30.4 Å². The van der Waals surface area contributed by atoms with Crippen molar-refractivity contribution in [3.63, 3.8) is 0 Å². The summed E-state index contributed by atoms with van der Waals surface area (Å²) in [5.41, 5.74) is 7.78. The summed E-state index contributed by atoms with van der Waals surface area (Å²) in [6, 6.07) is 7.92.